The van der Waals surface area contributed by atoms with Gasteiger partial charge in [-0.25, -0.2) is 9.37 Å². The molecule has 0 saturated heterocycles. The second-order valence-corrected chi connectivity index (χ2v) is 5.50. The molecule has 0 radical (unpaired) electrons. The second kappa shape index (κ2) is 5.81. The molecule has 3 N–H and O–H groups in total. The van der Waals surface area contributed by atoms with Gasteiger partial charge < -0.3 is 15.2 Å². The minimum atomic E-state index is -1.07. The number of nitrogens with zero attached hydrogens (tertiary/aromatic N) is 2. The first-order valence-electron chi connectivity index (χ1n) is 7.17. The van der Waals surface area contributed by atoms with Crippen molar-refractivity contribution < 1.29 is 14.3 Å². The number of aryl methyl sites for hydroxylation is 1. The Balaban J connectivity index is 2.19. The normalized spacial score (nSPS) is 12.5. The van der Waals surface area contributed by atoms with Crippen LogP contribution in [0, 0.1) is 12.7 Å². The van der Waals surface area contributed by atoms with E-state index in [1.165, 1.54) is 12.1 Å². The largest absolute Gasteiger partial charge is 0.480 e. The van der Waals surface area contributed by atoms with Crippen molar-refractivity contribution in [2.75, 3.05) is 0 Å². The van der Waals surface area contributed by atoms with E-state index >= 15 is 0 Å². The first-order valence-corrected chi connectivity index (χ1v) is 7.17. The summed E-state index contributed by atoms with van der Waals surface area (Å²) in [6.45, 7) is 1.94. The number of rotatable bonds is 4. The number of aliphatic carboxylic acids is 1. The third-order valence-electron chi connectivity index (χ3n) is 3.71. The predicted octanol–water partition coefficient (Wildman–Crippen LogP) is 2.40. The predicted molar refractivity (Wildman–Crippen MR) is 84.6 cm³/mol. The number of benzene rings is 1. The number of imidazole rings is 1. The number of hydrogen-bond acceptors (Lipinski definition) is 3. The van der Waals surface area contributed by atoms with Crippen LogP contribution < -0.4 is 5.73 Å². The average molecular weight is 313 g/mol. The molecule has 118 valence electrons. The highest BCUT2D eigenvalue weighted by Gasteiger charge is 2.20. The molecule has 0 aliphatic carbocycles. The van der Waals surface area contributed by atoms with Crippen molar-refractivity contribution in [3.8, 4) is 11.3 Å². The Morgan fingerprint density at radius 1 is 1.30 bits per heavy atom. The van der Waals surface area contributed by atoms with Gasteiger partial charge in [-0.1, -0.05) is 6.07 Å². The summed E-state index contributed by atoms with van der Waals surface area (Å²) in [5.74, 6) is -1.41. The molecule has 2 heterocycles. The van der Waals surface area contributed by atoms with Crippen LogP contribution in [0.4, 0.5) is 4.39 Å². The lowest BCUT2D eigenvalue weighted by Gasteiger charge is -2.09. The number of carboxylic acids is 1. The monoisotopic (exact) mass is 313 g/mol. The first-order chi connectivity index (χ1) is 11.0. The van der Waals surface area contributed by atoms with Crippen LogP contribution >= 0.6 is 0 Å². The molecule has 1 aromatic carbocycles. The van der Waals surface area contributed by atoms with E-state index in [0.717, 1.165) is 11.1 Å². The van der Waals surface area contributed by atoms with Gasteiger partial charge >= 0.3 is 5.97 Å². The van der Waals surface area contributed by atoms with Gasteiger partial charge in [0.15, 0.2) is 0 Å². The van der Waals surface area contributed by atoms with E-state index in [9.17, 15) is 9.18 Å². The molecule has 0 fully saturated rings. The smallest absolute Gasteiger partial charge is 0.320 e. The summed E-state index contributed by atoms with van der Waals surface area (Å²) >= 11 is 0. The number of fused-ring (bicyclic) bond motifs is 1. The molecule has 6 heteroatoms. The number of nitrogens with two attached hydrogens (primary N) is 1. The summed E-state index contributed by atoms with van der Waals surface area (Å²) in [5.41, 5.74) is 9.46. The molecule has 3 aromatic rings. The van der Waals surface area contributed by atoms with Crippen molar-refractivity contribution >= 4 is 11.6 Å². The third-order valence-corrected chi connectivity index (χ3v) is 3.71. The zero-order valence-corrected chi connectivity index (χ0v) is 12.5. The molecular weight excluding hydrogens is 297 g/mol. The van der Waals surface area contributed by atoms with Crippen LogP contribution in [0.25, 0.3) is 16.9 Å². The summed E-state index contributed by atoms with van der Waals surface area (Å²) in [7, 11) is 0. The van der Waals surface area contributed by atoms with Gasteiger partial charge in [-0.3, -0.25) is 4.79 Å². The van der Waals surface area contributed by atoms with Gasteiger partial charge in [0.1, 0.15) is 17.5 Å². The van der Waals surface area contributed by atoms with E-state index in [4.69, 9.17) is 10.8 Å². The summed E-state index contributed by atoms with van der Waals surface area (Å²) in [6.07, 6.45) is 2.02. The Morgan fingerprint density at radius 3 is 2.65 bits per heavy atom. The van der Waals surface area contributed by atoms with Crippen LogP contribution in [0.3, 0.4) is 0 Å². The molecule has 1 atom stereocenters. The summed E-state index contributed by atoms with van der Waals surface area (Å²) in [6, 6.07) is 8.71. The van der Waals surface area contributed by atoms with Crippen LogP contribution in [0.15, 0.2) is 42.6 Å². The van der Waals surface area contributed by atoms with E-state index in [0.29, 0.717) is 17.0 Å². The lowest BCUT2D eigenvalue weighted by atomic mass is 10.1. The fraction of sp³-hybridized carbons (Fsp3) is 0.176. The van der Waals surface area contributed by atoms with Crippen molar-refractivity contribution in [2.45, 2.75) is 19.4 Å². The van der Waals surface area contributed by atoms with E-state index in [1.807, 2.05) is 29.7 Å². The molecule has 5 nitrogen and oxygen atoms in total. The van der Waals surface area contributed by atoms with Gasteiger partial charge in [-0.2, -0.15) is 0 Å². The molecule has 3 rings (SSSR count). The average Bonchev–Trinajstić information content (AvgIpc) is 2.86. The van der Waals surface area contributed by atoms with Crippen molar-refractivity contribution in [1.29, 1.82) is 0 Å². The SMILES string of the molecule is Cc1ccc2nc(-c3ccc(F)cc3)c(CC(N)C(=O)O)n2c1. The molecular formula is C17H16FN3O2. The third kappa shape index (κ3) is 2.93. The topological polar surface area (TPSA) is 80.6 Å². The maximum Gasteiger partial charge on any atom is 0.320 e. The number of hydrogen-bond donors (Lipinski definition) is 2. The van der Waals surface area contributed by atoms with Gasteiger partial charge in [-0.05, 0) is 42.8 Å². The number of pyridine rings is 1. The maximum absolute atomic E-state index is 13.2. The molecule has 1 unspecified atom stereocenters. The van der Waals surface area contributed by atoms with Gasteiger partial charge in [-0.15, -0.1) is 0 Å². The quantitative estimate of drug-likeness (QED) is 0.775. The maximum atomic E-state index is 13.2. The Bertz CT molecular complexity index is 871. The van der Waals surface area contributed by atoms with E-state index in [1.54, 1.807) is 12.1 Å². The standard InChI is InChI=1S/C17H16FN3O2/c1-10-2-7-15-20-16(11-3-5-12(18)6-4-11)14(21(15)9-10)8-13(19)17(22)23/h2-7,9,13H,8,19H2,1H3,(H,22,23). The first kappa shape index (κ1) is 15.2. The molecule has 23 heavy (non-hydrogen) atoms. The molecule has 0 aliphatic rings. The molecule has 0 bridgehead atoms. The Kier molecular flexibility index (Phi) is 3.83. The van der Waals surface area contributed by atoms with Crippen LogP contribution in [0.5, 0.6) is 0 Å². The fourth-order valence-electron chi connectivity index (χ4n) is 2.53. The Morgan fingerprint density at radius 2 is 2.00 bits per heavy atom. The minimum Gasteiger partial charge on any atom is -0.480 e. The van der Waals surface area contributed by atoms with E-state index in [2.05, 4.69) is 4.98 Å². The van der Waals surface area contributed by atoms with Crippen molar-refractivity contribution in [3.63, 3.8) is 0 Å². The van der Waals surface area contributed by atoms with Gasteiger partial charge in [0.2, 0.25) is 0 Å². The number of carbonyl (C=O) groups is 1. The number of carboxylic acid groups (broad SMARTS) is 1. The van der Waals surface area contributed by atoms with Crippen molar-refractivity contribution in [3.05, 3.63) is 59.7 Å². The van der Waals surface area contributed by atoms with Gasteiger partial charge in [0.25, 0.3) is 0 Å². The zero-order valence-electron chi connectivity index (χ0n) is 12.5. The zero-order chi connectivity index (χ0) is 16.6. The second-order valence-electron chi connectivity index (χ2n) is 5.50. The van der Waals surface area contributed by atoms with Crippen LogP contribution in [-0.4, -0.2) is 26.5 Å². The lowest BCUT2D eigenvalue weighted by molar-refractivity contribution is -0.138. The molecule has 0 saturated carbocycles. The highest BCUT2D eigenvalue weighted by molar-refractivity contribution is 5.75. The summed E-state index contributed by atoms with van der Waals surface area (Å²) < 4.78 is 15.0. The van der Waals surface area contributed by atoms with Crippen LogP contribution in [0.1, 0.15) is 11.3 Å². The molecule has 0 aliphatic heterocycles. The number of halogens is 1. The van der Waals surface area contributed by atoms with E-state index < -0.39 is 12.0 Å². The van der Waals surface area contributed by atoms with E-state index in [-0.39, 0.29) is 12.2 Å². The van der Waals surface area contributed by atoms with Crippen molar-refractivity contribution in [2.24, 2.45) is 5.73 Å². The highest BCUT2D eigenvalue weighted by atomic mass is 19.1. The summed E-state index contributed by atoms with van der Waals surface area (Å²) in [5, 5.41) is 9.10. The fourth-order valence-corrected chi connectivity index (χ4v) is 2.53. The summed E-state index contributed by atoms with van der Waals surface area (Å²) in [4.78, 5) is 15.7. The number of aromatic nitrogens is 2. The van der Waals surface area contributed by atoms with Crippen molar-refractivity contribution in [1.82, 2.24) is 9.38 Å². The lowest BCUT2D eigenvalue weighted by Crippen LogP contribution is -2.32. The minimum absolute atomic E-state index is 0.132. The molecule has 0 amide bonds. The molecule has 0 spiro atoms. The Hall–Kier alpha value is -2.73. The Labute approximate surface area is 132 Å². The van der Waals surface area contributed by atoms with Crippen LogP contribution in [0.2, 0.25) is 0 Å². The highest BCUT2D eigenvalue weighted by Crippen LogP contribution is 2.26. The molecule has 2 aromatic heterocycles. The van der Waals surface area contributed by atoms with Gasteiger partial charge in [0.05, 0.1) is 11.4 Å². The van der Waals surface area contributed by atoms with Crippen LogP contribution in [-0.2, 0) is 11.2 Å². The van der Waals surface area contributed by atoms with Gasteiger partial charge in [0, 0.05) is 18.2 Å².